The monoisotopic (exact) mass is 449 g/mol. The number of halogens is 1. The summed E-state index contributed by atoms with van der Waals surface area (Å²) >= 11 is 0. The minimum Gasteiger partial charge on any atom is -0.457 e. The van der Waals surface area contributed by atoms with Crippen LogP contribution in [-0.2, 0) is 0 Å². The lowest BCUT2D eigenvalue weighted by molar-refractivity contribution is -0.384. The van der Waals surface area contributed by atoms with Gasteiger partial charge in [0.1, 0.15) is 17.3 Å². The van der Waals surface area contributed by atoms with Crippen LogP contribution in [0.5, 0.6) is 0 Å². The first-order chi connectivity index (χ1) is 15.9. The van der Waals surface area contributed by atoms with Crippen LogP contribution in [0.15, 0.2) is 65.1 Å². The van der Waals surface area contributed by atoms with Crippen molar-refractivity contribution in [1.82, 2.24) is 4.90 Å². The van der Waals surface area contributed by atoms with Crippen molar-refractivity contribution < 1.29 is 18.5 Å². The van der Waals surface area contributed by atoms with Gasteiger partial charge in [-0.05, 0) is 61.2 Å². The number of nitro benzene ring substituents is 1. The molecule has 1 saturated heterocycles. The Bertz CT molecular complexity index is 1180. The number of carbonyl (C=O) groups excluding carboxylic acids is 1. The van der Waals surface area contributed by atoms with E-state index < -0.39 is 10.7 Å². The molecule has 0 saturated carbocycles. The molecule has 0 amide bonds. The molecule has 0 bridgehead atoms. The van der Waals surface area contributed by atoms with Crippen LogP contribution < -0.4 is 4.90 Å². The predicted molar refractivity (Wildman–Crippen MR) is 125 cm³/mol. The smallest absolute Gasteiger partial charge is 0.269 e. The summed E-state index contributed by atoms with van der Waals surface area (Å²) in [7, 11) is 0. The number of allylic oxidation sites excluding steroid dienone is 1. The summed E-state index contributed by atoms with van der Waals surface area (Å²) in [6, 6.07) is 14.0. The Morgan fingerprint density at radius 3 is 2.45 bits per heavy atom. The number of furan rings is 1. The lowest BCUT2D eigenvalue weighted by Crippen LogP contribution is -2.46. The van der Waals surface area contributed by atoms with Crippen molar-refractivity contribution in [3.05, 3.63) is 87.9 Å². The topological polar surface area (TPSA) is 79.8 Å². The van der Waals surface area contributed by atoms with E-state index in [2.05, 4.69) is 11.8 Å². The number of hydrogen-bond acceptors (Lipinski definition) is 6. The van der Waals surface area contributed by atoms with Gasteiger partial charge in [0, 0.05) is 49.4 Å². The maximum absolute atomic E-state index is 14.7. The highest BCUT2D eigenvalue weighted by Gasteiger charge is 2.19. The van der Waals surface area contributed by atoms with Gasteiger partial charge in [-0.15, -0.1) is 0 Å². The Hall–Kier alpha value is -3.78. The highest BCUT2D eigenvalue weighted by molar-refractivity contribution is 6.06. The average molecular weight is 449 g/mol. The van der Waals surface area contributed by atoms with Gasteiger partial charge in [-0.2, -0.15) is 0 Å². The predicted octanol–water partition coefficient (Wildman–Crippen LogP) is 5.03. The third kappa shape index (κ3) is 5.18. The van der Waals surface area contributed by atoms with E-state index in [9.17, 15) is 19.3 Å². The first-order valence-electron chi connectivity index (χ1n) is 10.8. The molecule has 4 rings (SSSR count). The molecular formula is C25H24FN3O4. The van der Waals surface area contributed by atoms with Crippen LogP contribution in [0.3, 0.4) is 0 Å². The highest BCUT2D eigenvalue weighted by Crippen LogP contribution is 2.26. The lowest BCUT2D eigenvalue weighted by Gasteiger charge is -2.35. The molecular weight excluding hydrogens is 425 g/mol. The summed E-state index contributed by atoms with van der Waals surface area (Å²) in [5, 5.41) is 10.8. The lowest BCUT2D eigenvalue weighted by atomic mass is 10.1. The second-order valence-electron chi connectivity index (χ2n) is 7.79. The molecule has 2 aromatic carbocycles. The van der Waals surface area contributed by atoms with Crippen molar-refractivity contribution in [3.8, 4) is 11.3 Å². The van der Waals surface area contributed by atoms with Gasteiger partial charge in [-0.25, -0.2) is 4.39 Å². The number of rotatable bonds is 7. The van der Waals surface area contributed by atoms with Gasteiger partial charge < -0.3 is 14.2 Å². The van der Waals surface area contributed by atoms with E-state index >= 15 is 0 Å². The van der Waals surface area contributed by atoms with E-state index in [1.54, 1.807) is 36.4 Å². The van der Waals surface area contributed by atoms with E-state index in [4.69, 9.17) is 4.42 Å². The molecule has 0 atom stereocenters. The first kappa shape index (κ1) is 22.4. The molecule has 33 heavy (non-hydrogen) atoms. The molecule has 0 radical (unpaired) electrons. The molecule has 0 spiro atoms. The molecule has 170 valence electrons. The van der Waals surface area contributed by atoms with Gasteiger partial charge in [-0.1, -0.05) is 6.92 Å². The zero-order valence-corrected chi connectivity index (χ0v) is 18.2. The molecule has 8 heteroatoms. The molecule has 1 aliphatic heterocycles. The fourth-order valence-corrected chi connectivity index (χ4v) is 3.82. The zero-order valence-electron chi connectivity index (χ0n) is 18.2. The van der Waals surface area contributed by atoms with E-state index in [-0.39, 0.29) is 17.0 Å². The maximum Gasteiger partial charge on any atom is 0.269 e. The van der Waals surface area contributed by atoms with Crippen LogP contribution in [0.1, 0.15) is 23.0 Å². The number of non-ortho nitro benzene ring substituents is 1. The van der Waals surface area contributed by atoms with Gasteiger partial charge in [0.15, 0.2) is 5.78 Å². The van der Waals surface area contributed by atoms with Crippen LogP contribution >= 0.6 is 0 Å². The number of carbonyl (C=O) groups is 1. The molecule has 1 aromatic heterocycles. The van der Waals surface area contributed by atoms with Crippen LogP contribution in [0, 0.1) is 15.9 Å². The summed E-state index contributed by atoms with van der Waals surface area (Å²) in [6.45, 7) is 6.40. The first-order valence-corrected chi connectivity index (χ1v) is 10.8. The average Bonchev–Trinajstić information content (AvgIpc) is 3.32. The number of likely N-dealkylation sites (N-methyl/N-ethyl adjacent to an activating group) is 1. The summed E-state index contributed by atoms with van der Waals surface area (Å²) in [6.07, 6.45) is 2.86. The van der Waals surface area contributed by atoms with Crippen molar-refractivity contribution in [2.24, 2.45) is 0 Å². The van der Waals surface area contributed by atoms with Crippen molar-refractivity contribution in [2.75, 3.05) is 37.6 Å². The molecule has 1 aliphatic rings. The molecule has 0 aliphatic carbocycles. The van der Waals surface area contributed by atoms with Crippen LogP contribution in [0.2, 0.25) is 0 Å². The Balaban J connectivity index is 1.41. The Morgan fingerprint density at radius 1 is 1.09 bits per heavy atom. The number of hydrogen-bond donors (Lipinski definition) is 0. The van der Waals surface area contributed by atoms with Crippen molar-refractivity contribution in [1.29, 1.82) is 0 Å². The van der Waals surface area contributed by atoms with Gasteiger partial charge in [-0.3, -0.25) is 14.9 Å². The van der Waals surface area contributed by atoms with Crippen LogP contribution in [0.4, 0.5) is 15.8 Å². The van der Waals surface area contributed by atoms with Crippen molar-refractivity contribution in [3.63, 3.8) is 0 Å². The van der Waals surface area contributed by atoms with Gasteiger partial charge in [0.05, 0.1) is 10.6 Å². The molecule has 1 fully saturated rings. The second kappa shape index (κ2) is 9.79. The van der Waals surface area contributed by atoms with E-state index in [0.717, 1.165) is 32.7 Å². The van der Waals surface area contributed by atoms with Crippen LogP contribution in [0.25, 0.3) is 17.4 Å². The number of anilines is 1. The second-order valence-corrected chi connectivity index (χ2v) is 7.79. The number of piperazine rings is 1. The minimum absolute atomic E-state index is 0.00232. The van der Waals surface area contributed by atoms with E-state index in [0.29, 0.717) is 22.8 Å². The molecule has 0 N–H and O–H groups in total. The van der Waals surface area contributed by atoms with Gasteiger partial charge in [0.25, 0.3) is 5.69 Å². The number of ketones is 1. The van der Waals surface area contributed by atoms with Crippen molar-refractivity contribution in [2.45, 2.75) is 6.92 Å². The summed E-state index contributed by atoms with van der Waals surface area (Å²) in [5.74, 6) is 0.236. The van der Waals surface area contributed by atoms with Gasteiger partial charge in [0.2, 0.25) is 0 Å². The number of nitrogens with zero attached hydrogens (tertiary/aromatic N) is 3. The fraction of sp³-hybridized carbons (Fsp3) is 0.240. The quantitative estimate of drug-likeness (QED) is 0.218. The fourth-order valence-electron chi connectivity index (χ4n) is 3.82. The maximum atomic E-state index is 14.7. The van der Waals surface area contributed by atoms with E-state index in [1.807, 2.05) is 4.90 Å². The summed E-state index contributed by atoms with van der Waals surface area (Å²) < 4.78 is 20.4. The Morgan fingerprint density at radius 2 is 1.82 bits per heavy atom. The SMILES string of the molecule is CCN1CCN(c2ccc(C(=O)/C=C/c3ccc(-c4ccc([N+](=O)[O-])cc4)o3)cc2F)CC1. The van der Waals surface area contributed by atoms with Crippen LogP contribution in [-0.4, -0.2) is 48.3 Å². The summed E-state index contributed by atoms with van der Waals surface area (Å²) in [5.41, 5.74) is 1.47. The van der Waals surface area contributed by atoms with Crippen molar-refractivity contribution >= 4 is 23.2 Å². The van der Waals surface area contributed by atoms with Gasteiger partial charge >= 0.3 is 0 Å². The standard InChI is InChI=1S/C25H24FN3O4/c1-2-27-13-15-28(16-14-27)23-10-5-19(17-22(23)26)24(30)11-8-21-9-12-25(33-21)18-3-6-20(7-4-18)29(31)32/h3-12,17H,2,13-16H2,1H3/b11-8+. The third-order valence-electron chi connectivity index (χ3n) is 5.78. The normalized spacial score (nSPS) is 14.7. The molecule has 7 nitrogen and oxygen atoms in total. The molecule has 3 aromatic rings. The highest BCUT2D eigenvalue weighted by atomic mass is 19.1. The Kier molecular flexibility index (Phi) is 6.65. The minimum atomic E-state index is -0.465. The Labute approximate surface area is 190 Å². The van der Waals surface area contributed by atoms with E-state index in [1.165, 1.54) is 30.4 Å². The number of nitro groups is 1. The zero-order chi connectivity index (χ0) is 23.4. The number of benzene rings is 2. The molecule has 0 unspecified atom stereocenters. The molecule has 2 heterocycles. The third-order valence-corrected chi connectivity index (χ3v) is 5.78. The largest absolute Gasteiger partial charge is 0.457 e. The summed E-state index contributed by atoms with van der Waals surface area (Å²) in [4.78, 5) is 27.2.